The average Bonchev–Trinajstić information content (AvgIpc) is 3.17. The highest BCUT2D eigenvalue weighted by Gasteiger charge is 2.27. The van der Waals surface area contributed by atoms with Crippen molar-refractivity contribution in [1.82, 2.24) is 25.2 Å². The zero-order valence-electron chi connectivity index (χ0n) is 14.2. The highest BCUT2D eigenvalue weighted by atomic mass is 35.5. The van der Waals surface area contributed by atoms with Crippen LogP contribution in [0.2, 0.25) is 10.0 Å². The third-order valence-corrected chi connectivity index (χ3v) is 5.42. The van der Waals surface area contributed by atoms with Gasteiger partial charge in [0, 0.05) is 31.7 Å². The number of nitrogens with one attached hydrogen (secondary N) is 1. The molecule has 4 rings (SSSR count). The Kier molecular flexibility index (Phi) is 4.72. The largest absolute Gasteiger partial charge is 0.335 e. The Labute approximate surface area is 164 Å². The topological polar surface area (TPSA) is 82.2 Å². The van der Waals surface area contributed by atoms with Crippen molar-refractivity contribution in [2.75, 3.05) is 26.2 Å². The van der Waals surface area contributed by atoms with Gasteiger partial charge in [-0.15, -0.1) is 0 Å². The molecule has 1 aliphatic rings. The molecule has 2 amide bonds. The molecule has 1 N–H and O–H groups in total. The van der Waals surface area contributed by atoms with E-state index in [1.165, 1.54) is 0 Å². The molecule has 3 aromatic rings. The van der Waals surface area contributed by atoms with Crippen LogP contribution in [0.25, 0.3) is 11.0 Å². The summed E-state index contributed by atoms with van der Waals surface area (Å²) in [6, 6.07) is 10.2. The summed E-state index contributed by atoms with van der Waals surface area (Å²) in [4.78, 5) is 28.8. The van der Waals surface area contributed by atoms with Gasteiger partial charge in [-0.2, -0.15) is 15.4 Å². The molecule has 0 saturated carbocycles. The van der Waals surface area contributed by atoms with E-state index in [0.717, 1.165) is 0 Å². The summed E-state index contributed by atoms with van der Waals surface area (Å²) < 4.78 is 0. The number of rotatable bonds is 2. The number of fused-ring (bicyclic) bond motifs is 1. The third-order valence-electron chi connectivity index (χ3n) is 4.60. The number of hydrogen-bond donors (Lipinski definition) is 1. The Morgan fingerprint density at radius 2 is 1.56 bits per heavy atom. The second-order valence-electron chi connectivity index (χ2n) is 6.21. The van der Waals surface area contributed by atoms with Crippen LogP contribution in [0.1, 0.15) is 20.7 Å². The van der Waals surface area contributed by atoms with E-state index in [4.69, 9.17) is 23.2 Å². The van der Waals surface area contributed by atoms with Gasteiger partial charge in [0.15, 0.2) is 0 Å². The van der Waals surface area contributed by atoms with Crippen LogP contribution in [0.3, 0.4) is 0 Å². The predicted octanol–water partition coefficient (Wildman–Crippen LogP) is 2.86. The summed E-state index contributed by atoms with van der Waals surface area (Å²) in [6.07, 6.45) is 0. The first-order valence-electron chi connectivity index (χ1n) is 8.37. The quantitative estimate of drug-likeness (QED) is 0.712. The molecule has 0 spiro atoms. The zero-order valence-corrected chi connectivity index (χ0v) is 15.7. The number of nitrogens with zero attached hydrogens (tertiary/aromatic N) is 4. The van der Waals surface area contributed by atoms with Gasteiger partial charge >= 0.3 is 0 Å². The van der Waals surface area contributed by atoms with Crippen molar-refractivity contribution >= 4 is 46.0 Å². The number of piperazine rings is 1. The Morgan fingerprint density at radius 3 is 2.30 bits per heavy atom. The molecule has 138 valence electrons. The number of amides is 2. The molecule has 0 bridgehead atoms. The lowest BCUT2D eigenvalue weighted by Crippen LogP contribution is -2.50. The highest BCUT2D eigenvalue weighted by Crippen LogP contribution is 2.27. The maximum Gasteiger partial charge on any atom is 0.255 e. The molecular weight excluding hydrogens is 389 g/mol. The highest BCUT2D eigenvalue weighted by molar-refractivity contribution is 6.43. The third kappa shape index (κ3) is 3.36. The van der Waals surface area contributed by atoms with Crippen LogP contribution in [0.15, 0.2) is 36.4 Å². The summed E-state index contributed by atoms with van der Waals surface area (Å²) in [7, 11) is 0. The Hall–Kier alpha value is -2.64. The van der Waals surface area contributed by atoms with Crippen LogP contribution in [-0.4, -0.2) is 63.2 Å². The van der Waals surface area contributed by atoms with Crippen molar-refractivity contribution in [1.29, 1.82) is 0 Å². The predicted molar refractivity (Wildman–Crippen MR) is 102 cm³/mol. The van der Waals surface area contributed by atoms with Crippen molar-refractivity contribution in [3.05, 3.63) is 57.6 Å². The molecule has 0 unspecified atom stereocenters. The van der Waals surface area contributed by atoms with Crippen LogP contribution in [0.4, 0.5) is 0 Å². The second-order valence-corrected chi connectivity index (χ2v) is 7.00. The smallest absolute Gasteiger partial charge is 0.255 e. The van der Waals surface area contributed by atoms with Gasteiger partial charge in [0.05, 0.1) is 15.6 Å². The van der Waals surface area contributed by atoms with Gasteiger partial charge in [-0.25, -0.2) is 0 Å². The molecule has 27 heavy (non-hydrogen) atoms. The van der Waals surface area contributed by atoms with Crippen molar-refractivity contribution < 1.29 is 9.59 Å². The number of carbonyl (C=O) groups is 2. The number of hydrogen-bond acceptors (Lipinski definition) is 4. The SMILES string of the molecule is O=C(c1ccc2n[nH]nc2c1)N1CCN(C(=O)c2cccc(Cl)c2Cl)CC1. The molecule has 1 aliphatic heterocycles. The fraction of sp³-hybridized carbons (Fsp3) is 0.222. The Bertz CT molecular complexity index is 1030. The van der Waals surface area contributed by atoms with Crippen LogP contribution in [0, 0.1) is 0 Å². The van der Waals surface area contributed by atoms with E-state index in [2.05, 4.69) is 15.4 Å². The lowest BCUT2D eigenvalue weighted by atomic mass is 10.1. The zero-order chi connectivity index (χ0) is 19.0. The number of H-pyrrole nitrogens is 1. The monoisotopic (exact) mass is 403 g/mol. The molecule has 1 fully saturated rings. The van der Waals surface area contributed by atoms with E-state index in [0.29, 0.717) is 53.4 Å². The Balaban J connectivity index is 1.44. The van der Waals surface area contributed by atoms with E-state index in [9.17, 15) is 9.59 Å². The molecule has 1 saturated heterocycles. The maximum absolute atomic E-state index is 12.7. The van der Waals surface area contributed by atoms with E-state index in [1.807, 2.05) is 0 Å². The molecule has 9 heteroatoms. The van der Waals surface area contributed by atoms with E-state index < -0.39 is 0 Å². The van der Waals surface area contributed by atoms with Crippen molar-refractivity contribution in [3.63, 3.8) is 0 Å². The second kappa shape index (κ2) is 7.17. The first-order chi connectivity index (χ1) is 13.0. The first-order valence-corrected chi connectivity index (χ1v) is 9.13. The molecule has 2 aromatic carbocycles. The van der Waals surface area contributed by atoms with E-state index in [1.54, 1.807) is 46.2 Å². The maximum atomic E-state index is 12.7. The van der Waals surface area contributed by atoms with Crippen molar-refractivity contribution in [2.24, 2.45) is 0 Å². The summed E-state index contributed by atoms with van der Waals surface area (Å²) in [5.41, 5.74) is 2.28. The average molecular weight is 404 g/mol. The normalized spacial score (nSPS) is 14.6. The summed E-state index contributed by atoms with van der Waals surface area (Å²) in [6.45, 7) is 1.75. The van der Waals surface area contributed by atoms with Crippen LogP contribution >= 0.6 is 23.2 Å². The fourth-order valence-corrected chi connectivity index (χ4v) is 3.49. The molecule has 0 atom stereocenters. The molecule has 1 aromatic heterocycles. The van der Waals surface area contributed by atoms with E-state index >= 15 is 0 Å². The number of aromatic amines is 1. The minimum Gasteiger partial charge on any atom is -0.335 e. The van der Waals surface area contributed by atoms with Gasteiger partial charge in [0.25, 0.3) is 11.8 Å². The van der Waals surface area contributed by atoms with Crippen LogP contribution < -0.4 is 0 Å². The van der Waals surface area contributed by atoms with Gasteiger partial charge in [-0.3, -0.25) is 9.59 Å². The fourth-order valence-electron chi connectivity index (χ4n) is 3.11. The Morgan fingerprint density at radius 1 is 0.889 bits per heavy atom. The summed E-state index contributed by atoms with van der Waals surface area (Å²) >= 11 is 12.1. The van der Waals surface area contributed by atoms with Crippen molar-refractivity contribution in [3.8, 4) is 0 Å². The number of benzene rings is 2. The van der Waals surface area contributed by atoms with Gasteiger partial charge < -0.3 is 9.80 Å². The number of carbonyl (C=O) groups excluding carboxylic acids is 2. The van der Waals surface area contributed by atoms with Crippen molar-refractivity contribution in [2.45, 2.75) is 0 Å². The number of halogens is 2. The van der Waals surface area contributed by atoms with Gasteiger partial charge in [0.1, 0.15) is 11.0 Å². The van der Waals surface area contributed by atoms with Gasteiger partial charge in [-0.05, 0) is 30.3 Å². The minimum absolute atomic E-state index is 0.0900. The molecule has 0 aliphatic carbocycles. The molecule has 7 nitrogen and oxygen atoms in total. The standard InChI is InChI=1S/C18H15Cl2N5O2/c19-13-3-1-2-12(16(13)20)18(27)25-8-6-24(7-9-25)17(26)11-4-5-14-15(10-11)22-23-21-14/h1-5,10H,6-9H2,(H,21,22,23). The molecular formula is C18H15Cl2N5O2. The van der Waals surface area contributed by atoms with E-state index in [-0.39, 0.29) is 16.8 Å². The molecule has 2 heterocycles. The number of aromatic nitrogens is 3. The lowest BCUT2D eigenvalue weighted by molar-refractivity contribution is 0.0535. The summed E-state index contributed by atoms with van der Waals surface area (Å²) in [5.74, 6) is -0.272. The lowest BCUT2D eigenvalue weighted by Gasteiger charge is -2.35. The van der Waals surface area contributed by atoms with Gasteiger partial charge in [-0.1, -0.05) is 29.3 Å². The minimum atomic E-state index is -0.182. The van der Waals surface area contributed by atoms with Crippen LogP contribution in [0.5, 0.6) is 0 Å². The van der Waals surface area contributed by atoms with Gasteiger partial charge in [0.2, 0.25) is 0 Å². The molecule has 0 radical (unpaired) electrons. The summed E-state index contributed by atoms with van der Waals surface area (Å²) in [5, 5.41) is 11.1. The first kappa shape index (κ1) is 17.8. The van der Waals surface area contributed by atoms with Crippen LogP contribution in [-0.2, 0) is 0 Å².